The van der Waals surface area contributed by atoms with Gasteiger partial charge in [-0.1, -0.05) is 90.0 Å². The molecule has 6 aromatic rings. The molecule has 0 saturated heterocycles. The molecule has 0 aliphatic carbocycles. The van der Waals surface area contributed by atoms with Crippen LogP contribution in [0.4, 0.5) is 0 Å². The van der Waals surface area contributed by atoms with Gasteiger partial charge < -0.3 is 0 Å². The molecule has 0 amide bonds. The molecule has 0 bridgehead atoms. The zero-order valence-electron chi connectivity index (χ0n) is 28.0. The Bertz CT molecular complexity index is 1630. The Morgan fingerprint density at radius 1 is 0.523 bits per heavy atom. The first-order valence-electron chi connectivity index (χ1n) is 15.6. The second-order valence-electron chi connectivity index (χ2n) is 12.9. The number of hydrogen-bond donors (Lipinski definition) is 0. The van der Waals surface area contributed by atoms with Gasteiger partial charge in [-0.3, -0.25) is 0 Å². The fourth-order valence-electron chi connectivity index (χ4n) is 6.65. The SMILES string of the molecule is Cc1[cH-]c2cccc(C(C)C)c2c1[Si](C)(C)c1c(C)[cH-]c2cccc(C(C)C)c12.[CH2-]c1ccccc1.[CH2-]c1ccccc1.[Zr+4]. The molecule has 0 atom stereocenters. The van der Waals surface area contributed by atoms with Crippen molar-refractivity contribution in [2.45, 2.75) is 66.5 Å². The maximum absolute atomic E-state index is 3.72. The van der Waals surface area contributed by atoms with Crippen LogP contribution in [0.2, 0.25) is 13.1 Å². The average molecular weight is 672 g/mol. The number of benzene rings is 4. The summed E-state index contributed by atoms with van der Waals surface area (Å²) in [7, 11) is -1.92. The smallest absolute Gasteiger partial charge is 0.199 e. The predicted molar refractivity (Wildman–Crippen MR) is 195 cm³/mol. The van der Waals surface area contributed by atoms with Crippen molar-refractivity contribution in [3.63, 3.8) is 0 Å². The molecule has 0 aliphatic rings. The van der Waals surface area contributed by atoms with E-state index >= 15 is 0 Å². The molecular weight excluding hydrogens is 624 g/mol. The molecule has 44 heavy (non-hydrogen) atoms. The van der Waals surface area contributed by atoms with Crippen molar-refractivity contribution in [1.29, 1.82) is 0 Å². The van der Waals surface area contributed by atoms with Crippen molar-refractivity contribution >= 4 is 40.0 Å². The maximum atomic E-state index is 3.72. The van der Waals surface area contributed by atoms with Gasteiger partial charge in [0, 0.05) is 8.07 Å². The van der Waals surface area contributed by atoms with Crippen LogP contribution in [0.15, 0.2) is 109 Å². The van der Waals surface area contributed by atoms with Crippen LogP contribution in [0.5, 0.6) is 0 Å². The van der Waals surface area contributed by atoms with Gasteiger partial charge in [-0.15, -0.1) is 93.3 Å². The van der Waals surface area contributed by atoms with Crippen LogP contribution in [0.3, 0.4) is 0 Å². The van der Waals surface area contributed by atoms with Gasteiger partial charge in [0.2, 0.25) is 0 Å². The first kappa shape index (κ1) is 35.4. The van der Waals surface area contributed by atoms with Crippen molar-refractivity contribution in [1.82, 2.24) is 0 Å². The third kappa shape index (κ3) is 7.77. The monoisotopic (exact) mass is 670 g/mol. The minimum Gasteiger partial charge on any atom is -0.199 e. The Hall–Kier alpha value is -3.06. The van der Waals surface area contributed by atoms with Crippen LogP contribution >= 0.6 is 0 Å². The largest absolute Gasteiger partial charge is 4.00 e. The van der Waals surface area contributed by atoms with Gasteiger partial charge in [0.05, 0.1) is 0 Å². The fourth-order valence-corrected chi connectivity index (χ4v) is 10.8. The van der Waals surface area contributed by atoms with Crippen LogP contribution in [0.1, 0.15) is 72.9 Å². The Morgan fingerprint density at radius 3 is 1.14 bits per heavy atom. The van der Waals surface area contributed by atoms with Crippen LogP contribution in [-0.2, 0) is 26.2 Å². The average Bonchev–Trinajstić information content (AvgIpc) is 3.50. The molecule has 0 heterocycles. The van der Waals surface area contributed by atoms with Crippen LogP contribution in [-0.4, -0.2) is 8.07 Å². The molecule has 6 rings (SSSR count). The normalized spacial score (nSPS) is 11.1. The van der Waals surface area contributed by atoms with E-state index in [4.69, 9.17) is 0 Å². The van der Waals surface area contributed by atoms with Crippen LogP contribution in [0, 0.1) is 27.7 Å². The number of fused-ring (bicyclic) bond motifs is 2. The molecule has 6 aromatic carbocycles. The van der Waals surface area contributed by atoms with E-state index in [0.717, 1.165) is 11.1 Å². The van der Waals surface area contributed by atoms with Crippen molar-refractivity contribution in [3.05, 3.63) is 156 Å². The third-order valence-electron chi connectivity index (χ3n) is 8.47. The summed E-state index contributed by atoms with van der Waals surface area (Å²) >= 11 is 0. The number of aryl methyl sites for hydroxylation is 2. The minimum atomic E-state index is -1.92. The van der Waals surface area contributed by atoms with Crippen LogP contribution in [0.25, 0.3) is 21.5 Å². The second-order valence-corrected chi connectivity index (χ2v) is 17.2. The van der Waals surface area contributed by atoms with Crippen molar-refractivity contribution < 1.29 is 26.2 Å². The molecule has 0 N–H and O–H groups in total. The molecule has 0 saturated carbocycles. The molecule has 0 unspecified atom stereocenters. The Balaban J connectivity index is 0.000000289. The zero-order chi connectivity index (χ0) is 31.3. The van der Waals surface area contributed by atoms with E-state index in [1.54, 1.807) is 10.4 Å². The second kappa shape index (κ2) is 15.3. The van der Waals surface area contributed by atoms with E-state index in [9.17, 15) is 0 Å². The topological polar surface area (TPSA) is 0 Å². The van der Waals surface area contributed by atoms with Crippen molar-refractivity contribution in [2.75, 3.05) is 0 Å². The van der Waals surface area contributed by atoms with Gasteiger partial charge in [-0.25, -0.2) is 0 Å². The fraction of sp³-hybridized carbons (Fsp3) is 0.238. The molecule has 224 valence electrons. The molecule has 0 spiro atoms. The van der Waals surface area contributed by atoms with E-state index in [-0.39, 0.29) is 26.2 Å². The summed E-state index contributed by atoms with van der Waals surface area (Å²) in [5, 5.41) is 9.19. The van der Waals surface area contributed by atoms with Crippen molar-refractivity contribution in [2.24, 2.45) is 0 Å². The molecule has 0 aliphatic heterocycles. The summed E-state index contributed by atoms with van der Waals surface area (Å²) in [6.45, 7) is 26.6. The van der Waals surface area contributed by atoms with Gasteiger partial charge in [-0.2, -0.15) is 59.6 Å². The first-order valence-corrected chi connectivity index (χ1v) is 18.6. The molecule has 2 heteroatoms. The van der Waals surface area contributed by atoms with E-state index < -0.39 is 8.07 Å². The summed E-state index contributed by atoms with van der Waals surface area (Å²) < 4.78 is 0. The van der Waals surface area contributed by atoms with Gasteiger partial charge in [0.25, 0.3) is 0 Å². The number of hydrogen-bond acceptors (Lipinski definition) is 0. The summed E-state index contributed by atoms with van der Waals surface area (Å²) in [5.74, 6) is 1.07. The molecule has 0 aromatic heterocycles. The van der Waals surface area contributed by atoms with E-state index in [0.29, 0.717) is 11.8 Å². The van der Waals surface area contributed by atoms with Gasteiger partial charge in [0.15, 0.2) is 0 Å². The van der Waals surface area contributed by atoms with Gasteiger partial charge in [-0.05, 0) is 11.8 Å². The molecular formula is C42H48SiZr. The quantitative estimate of drug-likeness (QED) is 0.129. The summed E-state index contributed by atoms with van der Waals surface area (Å²) in [6, 6.07) is 38.4. The van der Waals surface area contributed by atoms with Crippen molar-refractivity contribution in [3.8, 4) is 0 Å². The third-order valence-corrected chi connectivity index (χ3v) is 12.3. The predicted octanol–water partition coefficient (Wildman–Crippen LogP) is 10.9. The Labute approximate surface area is 287 Å². The zero-order valence-corrected chi connectivity index (χ0v) is 31.4. The molecule has 0 nitrogen and oxygen atoms in total. The van der Waals surface area contributed by atoms with Gasteiger partial charge in [0.1, 0.15) is 0 Å². The standard InChI is InChI=1S/C28H34Si.2C7H7.Zr/c1-17(2)23-13-9-11-21-15-19(5)27(25(21)23)29(7,8)28-20(6)16-22-12-10-14-24(18(3)4)26(22)28;2*1-7-5-3-2-4-6-7;/h9-18H,1-8H3;2*2-6H,1H2;/q-2;2*-1;+4. The maximum Gasteiger partial charge on any atom is 4.00 e. The van der Waals surface area contributed by atoms with E-state index in [1.807, 2.05) is 60.7 Å². The van der Waals surface area contributed by atoms with Gasteiger partial charge >= 0.3 is 26.2 Å². The van der Waals surface area contributed by atoms with Crippen LogP contribution < -0.4 is 10.4 Å². The van der Waals surface area contributed by atoms with E-state index in [2.05, 4.69) is 117 Å². The molecule has 0 radical (unpaired) electrons. The van der Waals surface area contributed by atoms with E-state index in [1.165, 1.54) is 43.8 Å². The Morgan fingerprint density at radius 2 is 0.864 bits per heavy atom. The summed E-state index contributed by atoms with van der Waals surface area (Å²) in [4.78, 5) is 0. The minimum absolute atomic E-state index is 0. The number of rotatable bonds is 4. The Kier molecular flexibility index (Phi) is 12.3. The summed E-state index contributed by atoms with van der Waals surface area (Å²) in [5.41, 5.74) is 8.10. The summed E-state index contributed by atoms with van der Waals surface area (Å²) in [6.07, 6.45) is 0. The first-order chi connectivity index (χ1) is 20.4. The molecule has 0 fully saturated rings.